The van der Waals surface area contributed by atoms with Crippen LogP contribution >= 0.6 is 27.5 Å². The van der Waals surface area contributed by atoms with E-state index in [9.17, 15) is 8.42 Å². The first kappa shape index (κ1) is 16.2. The largest absolute Gasteiger partial charge is 0.381 e. The molecule has 7 heteroatoms. The Morgan fingerprint density at radius 1 is 1.45 bits per heavy atom. The minimum atomic E-state index is -3.63. The SMILES string of the molecule is COC1CC(NS(=O)(=O)c2ccc(Br)cc2Cl)C1(C)C. The predicted octanol–water partition coefficient (Wildman–Crippen LogP) is 3.19. The van der Waals surface area contributed by atoms with E-state index in [-0.39, 0.29) is 27.5 Å². The Hall–Kier alpha value is -0.140. The number of ether oxygens (including phenoxy) is 1. The van der Waals surface area contributed by atoms with Crippen LogP contribution in [0.25, 0.3) is 0 Å². The highest BCUT2D eigenvalue weighted by atomic mass is 79.9. The van der Waals surface area contributed by atoms with Gasteiger partial charge in [0.2, 0.25) is 10.0 Å². The summed E-state index contributed by atoms with van der Waals surface area (Å²) < 4.78 is 33.6. The summed E-state index contributed by atoms with van der Waals surface area (Å²) in [6.45, 7) is 3.97. The number of nitrogens with one attached hydrogen (secondary N) is 1. The summed E-state index contributed by atoms with van der Waals surface area (Å²) in [6, 6.07) is 4.57. The second-order valence-electron chi connectivity index (χ2n) is 5.53. The summed E-state index contributed by atoms with van der Waals surface area (Å²) >= 11 is 9.27. The fourth-order valence-corrected chi connectivity index (χ4v) is 4.87. The van der Waals surface area contributed by atoms with Gasteiger partial charge in [-0.3, -0.25) is 0 Å². The second-order valence-corrected chi connectivity index (χ2v) is 8.54. The molecule has 0 bridgehead atoms. The Balaban J connectivity index is 2.21. The lowest BCUT2D eigenvalue weighted by Crippen LogP contribution is -2.61. The van der Waals surface area contributed by atoms with E-state index >= 15 is 0 Å². The van der Waals surface area contributed by atoms with Crippen molar-refractivity contribution in [3.05, 3.63) is 27.7 Å². The molecule has 2 rings (SSSR count). The highest BCUT2D eigenvalue weighted by Gasteiger charge is 2.50. The summed E-state index contributed by atoms with van der Waals surface area (Å²) in [5.41, 5.74) is -0.232. The molecule has 20 heavy (non-hydrogen) atoms. The van der Waals surface area contributed by atoms with E-state index in [0.717, 1.165) is 4.47 Å². The number of hydrogen-bond acceptors (Lipinski definition) is 3. The summed E-state index contributed by atoms with van der Waals surface area (Å²) in [4.78, 5) is 0.0963. The maximum absolute atomic E-state index is 12.4. The Bertz CT molecular complexity index is 618. The minimum Gasteiger partial charge on any atom is -0.381 e. The number of rotatable bonds is 4. The zero-order valence-corrected chi connectivity index (χ0v) is 14.6. The molecule has 1 aliphatic rings. The van der Waals surface area contributed by atoms with Crippen molar-refractivity contribution in [1.29, 1.82) is 0 Å². The average Bonchev–Trinajstić information content (AvgIpc) is 2.33. The van der Waals surface area contributed by atoms with Crippen LogP contribution in [0.1, 0.15) is 20.3 Å². The summed E-state index contributed by atoms with van der Waals surface area (Å²) in [6.07, 6.45) is 0.729. The molecule has 0 aliphatic heterocycles. The highest BCUT2D eigenvalue weighted by molar-refractivity contribution is 9.10. The summed E-state index contributed by atoms with van der Waals surface area (Å²) in [5, 5.41) is 0.201. The third kappa shape index (κ3) is 2.90. The van der Waals surface area contributed by atoms with E-state index in [1.54, 1.807) is 19.2 Å². The van der Waals surface area contributed by atoms with Gasteiger partial charge in [-0.25, -0.2) is 13.1 Å². The molecular weight excluding hydrogens is 366 g/mol. The van der Waals surface area contributed by atoms with Gasteiger partial charge in [0.15, 0.2) is 0 Å². The van der Waals surface area contributed by atoms with Crippen LogP contribution in [-0.4, -0.2) is 27.7 Å². The Labute approximate surface area is 133 Å². The van der Waals surface area contributed by atoms with Crippen molar-refractivity contribution in [2.75, 3.05) is 7.11 Å². The van der Waals surface area contributed by atoms with Crippen LogP contribution in [0, 0.1) is 5.41 Å². The average molecular weight is 383 g/mol. The normalized spacial score (nSPS) is 25.2. The Morgan fingerprint density at radius 2 is 2.10 bits per heavy atom. The number of sulfonamides is 1. The van der Waals surface area contributed by atoms with Gasteiger partial charge in [-0.1, -0.05) is 41.4 Å². The summed E-state index contributed by atoms with van der Waals surface area (Å²) in [5.74, 6) is 0. The van der Waals surface area contributed by atoms with Crippen molar-refractivity contribution < 1.29 is 13.2 Å². The Morgan fingerprint density at radius 3 is 2.60 bits per heavy atom. The van der Waals surface area contributed by atoms with Crippen molar-refractivity contribution in [2.24, 2.45) is 5.41 Å². The maximum atomic E-state index is 12.4. The molecule has 1 aliphatic carbocycles. The monoisotopic (exact) mass is 381 g/mol. The van der Waals surface area contributed by atoms with Gasteiger partial charge in [-0.2, -0.15) is 0 Å². The topological polar surface area (TPSA) is 55.4 Å². The predicted molar refractivity (Wildman–Crippen MR) is 82.5 cm³/mol. The minimum absolute atomic E-state index is 0.0654. The molecule has 0 heterocycles. The van der Waals surface area contributed by atoms with E-state index in [1.807, 2.05) is 13.8 Å². The molecule has 1 aromatic rings. The number of benzene rings is 1. The number of hydrogen-bond donors (Lipinski definition) is 1. The molecule has 112 valence electrons. The van der Waals surface area contributed by atoms with Gasteiger partial charge >= 0.3 is 0 Å². The van der Waals surface area contributed by atoms with Crippen LogP contribution < -0.4 is 4.72 Å². The van der Waals surface area contributed by atoms with Crippen molar-refractivity contribution in [3.8, 4) is 0 Å². The smallest absolute Gasteiger partial charge is 0.242 e. The van der Waals surface area contributed by atoms with Crippen LogP contribution in [0.4, 0.5) is 0 Å². The van der Waals surface area contributed by atoms with E-state index in [1.165, 1.54) is 6.07 Å². The number of methoxy groups -OCH3 is 1. The van der Waals surface area contributed by atoms with Crippen molar-refractivity contribution >= 4 is 37.6 Å². The molecule has 1 aromatic carbocycles. The van der Waals surface area contributed by atoms with Crippen LogP contribution in [-0.2, 0) is 14.8 Å². The molecule has 1 saturated carbocycles. The molecule has 2 unspecified atom stereocenters. The van der Waals surface area contributed by atoms with Crippen molar-refractivity contribution in [2.45, 2.75) is 37.3 Å². The third-order valence-corrected chi connectivity index (χ3v) is 6.39. The van der Waals surface area contributed by atoms with Gasteiger partial charge in [0, 0.05) is 23.0 Å². The first-order valence-corrected chi connectivity index (χ1v) is 8.84. The van der Waals surface area contributed by atoms with Crippen molar-refractivity contribution in [1.82, 2.24) is 4.72 Å². The molecule has 2 atom stereocenters. The molecule has 0 radical (unpaired) electrons. The fourth-order valence-electron chi connectivity index (χ4n) is 2.43. The molecule has 4 nitrogen and oxygen atoms in total. The maximum Gasteiger partial charge on any atom is 0.242 e. The lowest BCUT2D eigenvalue weighted by molar-refractivity contribution is -0.0908. The van der Waals surface area contributed by atoms with Gasteiger partial charge in [-0.15, -0.1) is 0 Å². The molecule has 0 spiro atoms. The molecular formula is C13H17BrClNO3S. The quantitative estimate of drug-likeness (QED) is 0.870. The molecule has 0 saturated heterocycles. The van der Waals surface area contributed by atoms with Gasteiger partial charge < -0.3 is 4.74 Å². The molecule has 0 aromatic heterocycles. The molecule has 0 amide bonds. The summed E-state index contributed by atoms with van der Waals surface area (Å²) in [7, 11) is -1.99. The van der Waals surface area contributed by atoms with Gasteiger partial charge in [0.25, 0.3) is 0 Å². The zero-order valence-electron chi connectivity index (χ0n) is 11.5. The third-order valence-electron chi connectivity index (χ3n) is 3.94. The lowest BCUT2D eigenvalue weighted by atomic mass is 9.65. The van der Waals surface area contributed by atoms with Gasteiger partial charge in [0.1, 0.15) is 4.90 Å². The van der Waals surface area contributed by atoms with E-state index < -0.39 is 10.0 Å². The van der Waals surface area contributed by atoms with Crippen LogP contribution in [0.15, 0.2) is 27.6 Å². The zero-order chi connectivity index (χ0) is 15.1. The first-order chi connectivity index (χ1) is 9.18. The standard InChI is InChI=1S/C13H17BrClNO3S/c1-13(2)11(7-12(13)19-3)16-20(17,18)10-5-4-8(14)6-9(10)15/h4-6,11-12,16H,7H2,1-3H3. The van der Waals surface area contributed by atoms with Gasteiger partial charge in [0.05, 0.1) is 11.1 Å². The second kappa shape index (κ2) is 5.57. The number of halogens is 2. The van der Waals surface area contributed by atoms with Crippen molar-refractivity contribution in [3.63, 3.8) is 0 Å². The molecule has 1 fully saturated rings. The molecule has 1 N–H and O–H groups in total. The highest BCUT2D eigenvalue weighted by Crippen LogP contribution is 2.43. The van der Waals surface area contributed by atoms with Crippen LogP contribution in [0.5, 0.6) is 0 Å². The lowest BCUT2D eigenvalue weighted by Gasteiger charge is -2.50. The van der Waals surface area contributed by atoms with Crippen LogP contribution in [0.3, 0.4) is 0 Å². The van der Waals surface area contributed by atoms with E-state index in [2.05, 4.69) is 20.7 Å². The van der Waals surface area contributed by atoms with Gasteiger partial charge in [-0.05, 0) is 24.6 Å². The first-order valence-electron chi connectivity index (χ1n) is 6.18. The Kier molecular flexibility index (Phi) is 4.52. The van der Waals surface area contributed by atoms with E-state index in [4.69, 9.17) is 16.3 Å². The fraction of sp³-hybridized carbons (Fsp3) is 0.538. The van der Waals surface area contributed by atoms with Crippen LogP contribution in [0.2, 0.25) is 5.02 Å². The van der Waals surface area contributed by atoms with E-state index in [0.29, 0.717) is 6.42 Å².